The first-order valence-electron chi connectivity index (χ1n) is 5.34. The summed E-state index contributed by atoms with van der Waals surface area (Å²) in [5, 5.41) is 0. The monoisotopic (exact) mass is 244 g/mol. The molecule has 0 aliphatic carbocycles. The Bertz CT molecular complexity index is 289. The highest BCUT2D eigenvalue weighted by Gasteiger charge is 2.18. The van der Waals surface area contributed by atoms with E-state index in [0.29, 0.717) is 13.2 Å². The predicted octanol–water partition coefficient (Wildman–Crippen LogP) is -0.471. The first-order chi connectivity index (χ1) is 7.88. The third-order valence-electron chi connectivity index (χ3n) is 2.14. The van der Waals surface area contributed by atoms with E-state index in [0.717, 1.165) is 0 Å². The van der Waals surface area contributed by atoms with Crippen molar-refractivity contribution < 1.29 is 19.1 Å². The van der Waals surface area contributed by atoms with Crippen molar-refractivity contribution in [2.24, 2.45) is 0 Å². The highest BCUT2D eigenvalue weighted by atomic mass is 16.5. The van der Waals surface area contributed by atoms with Crippen molar-refractivity contribution in [3.05, 3.63) is 0 Å². The molecule has 0 saturated heterocycles. The van der Waals surface area contributed by atoms with Gasteiger partial charge in [0, 0.05) is 27.7 Å². The maximum absolute atomic E-state index is 11.7. The van der Waals surface area contributed by atoms with Crippen LogP contribution < -0.4 is 0 Å². The van der Waals surface area contributed by atoms with Crippen molar-refractivity contribution in [1.82, 2.24) is 9.80 Å². The maximum Gasteiger partial charge on any atom is 0.241 e. The lowest BCUT2D eigenvalue weighted by atomic mass is 10.2. The van der Waals surface area contributed by atoms with E-state index in [2.05, 4.69) is 0 Å². The number of amides is 2. The van der Waals surface area contributed by atoms with Gasteiger partial charge in [-0.1, -0.05) is 0 Å². The minimum Gasteiger partial charge on any atom is -0.383 e. The molecule has 0 aromatic carbocycles. The number of likely N-dealkylation sites (N-methyl/N-ethyl adjacent to an activating group) is 1. The second kappa shape index (κ2) is 7.78. The van der Waals surface area contributed by atoms with Crippen LogP contribution in [0.3, 0.4) is 0 Å². The summed E-state index contributed by atoms with van der Waals surface area (Å²) in [6.07, 6.45) is -0.176. The molecule has 0 aliphatic heterocycles. The molecule has 6 heteroatoms. The van der Waals surface area contributed by atoms with Gasteiger partial charge in [-0.15, -0.1) is 0 Å². The van der Waals surface area contributed by atoms with Crippen LogP contribution in [-0.2, 0) is 19.1 Å². The normalized spacial score (nSPS) is 9.88. The lowest BCUT2D eigenvalue weighted by Gasteiger charge is -2.23. The molecule has 0 heterocycles. The predicted molar refractivity (Wildman–Crippen MR) is 62.4 cm³/mol. The van der Waals surface area contributed by atoms with E-state index in [1.807, 2.05) is 0 Å². The van der Waals surface area contributed by atoms with Crippen LogP contribution in [0.25, 0.3) is 0 Å². The van der Waals surface area contributed by atoms with Crippen LogP contribution in [0.15, 0.2) is 0 Å². The summed E-state index contributed by atoms with van der Waals surface area (Å²) in [6, 6.07) is 0. The summed E-state index contributed by atoms with van der Waals surface area (Å²) in [5.41, 5.74) is 0. The zero-order valence-corrected chi connectivity index (χ0v) is 10.9. The molecule has 0 bridgehead atoms. The van der Waals surface area contributed by atoms with Gasteiger partial charge in [-0.25, -0.2) is 0 Å². The first kappa shape index (κ1) is 15.6. The quantitative estimate of drug-likeness (QED) is 0.568. The Morgan fingerprint density at radius 3 is 2.12 bits per heavy atom. The number of hydrogen-bond acceptors (Lipinski definition) is 4. The van der Waals surface area contributed by atoms with Crippen LogP contribution in [0.1, 0.15) is 13.3 Å². The van der Waals surface area contributed by atoms with Crippen molar-refractivity contribution in [3.8, 4) is 0 Å². The van der Waals surface area contributed by atoms with Crippen molar-refractivity contribution in [1.29, 1.82) is 0 Å². The van der Waals surface area contributed by atoms with E-state index in [4.69, 9.17) is 4.74 Å². The molecule has 6 nitrogen and oxygen atoms in total. The molecule has 0 fully saturated rings. The number of ketones is 1. The highest BCUT2D eigenvalue weighted by molar-refractivity contribution is 5.98. The molecular weight excluding hydrogens is 224 g/mol. The molecule has 98 valence electrons. The van der Waals surface area contributed by atoms with E-state index in [-0.39, 0.29) is 30.6 Å². The molecule has 0 saturated carbocycles. The Hall–Kier alpha value is -1.43. The summed E-state index contributed by atoms with van der Waals surface area (Å²) in [5.74, 6) is -0.738. The van der Waals surface area contributed by atoms with Gasteiger partial charge in [-0.3, -0.25) is 14.4 Å². The summed E-state index contributed by atoms with van der Waals surface area (Å²) in [6.45, 7) is 1.97. The molecule has 0 atom stereocenters. The van der Waals surface area contributed by atoms with E-state index >= 15 is 0 Å². The van der Waals surface area contributed by atoms with Gasteiger partial charge in [0.25, 0.3) is 0 Å². The summed E-state index contributed by atoms with van der Waals surface area (Å²) in [4.78, 5) is 36.8. The zero-order chi connectivity index (χ0) is 13.4. The molecule has 0 N–H and O–H groups in total. The van der Waals surface area contributed by atoms with Crippen LogP contribution in [0.5, 0.6) is 0 Å². The fourth-order valence-corrected chi connectivity index (χ4v) is 1.12. The minimum atomic E-state index is -0.343. The van der Waals surface area contributed by atoms with Crippen molar-refractivity contribution >= 4 is 17.6 Å². The van der Waals surface area contributed by atoms with E-state index < -0.39 is 0 Å². The van der Waals surface area contributed by atoms with Crippen molar-refractivity contribution in [3.63, 3.8) is 0 Å². The van der Waals surface area contributed by atoms with E-state index in [1.165, 1.54) is 23.8 Å². The Labute approximate surface area is 102 Å². The van der Waals surface area contributed by atoms with Gasteiger partial charge in [0.05, 0.1) is 19.6 Å². The molecular formula is C11H20N2O4. The van der Waals surface area contributed by atoms with Crippen LogP contribution in [0.2, 0.25) is 0 Å². The minimum absolute atomic E-state index is 0.0253. The van der Waals surface area contributed by atoms with Crippen LogP contribution in [0.4, 0.5) is 0 Å². The number of ether oxygens (including phenoxy) is 1. The van der Waals surface area contributed by atoms with Gasteiger partial charge in [0.15, 0.2) is 0 Å². The number of hydrogen-bond donors (Lipinski definition) is 0. The van der Waals surface area contributed by atoms with Gasteiger partial charge in [0.2, 0.25) is 11.8 Å². The van der Waals surface area contributed by atoms with Crippen molar-refractivity contribution in [2.45, 2.75) is 13.3 Å². The number of methoxy groups -OCH3 is 1. The topological polar surface area (TPSA) is 66.9 Å². The molecule has 0 aromatic rings. The number of rotatable bonds is 7. The lowest BCUT2D eigenvalue weighted by molar-refractivity contribution is -0.141. The summed E-state index contributed by atoms with van der Waals surface area (Å²) < 4.78 is 4.87. The fourth-order valence-electron chi connectivity index (χ4n) is 1.12. The average molecular weight is 244 g/mol. The molecule has 0 radical (unpaired) electrons. The fraction of sp³-hybridized carbons (Fsp3) is 0.727. The number of Topliss-reactive ketones (excluding diaryl/α,β-unsaturated/α-hetero) is 1. The van der Waals surface area contributed by atoms with E-state index in [9.17, 15) is 14.4 Å². The van der Waals surface area contributed by atoms with Crippen molar-refractivity contribution in [2.75, 3.05) is 40.9 Å². The van der Waals surface area contributed by atoms with Gasteiger partial charge in [-0.2, -0.15) is 0 Å². The average Bonchev–Trinajstić information content (AvgIpc) is 2.22. The Balaban J connectivity index is 4.46. The van der Waals surface area contributed by atoms with Crippen LogP contribution in [-0.4, -0.2) is 68.3 Å². The first-order valence-corrected chi connectivity index (χ1v) is 5.34. The second-order valence-electron chi connectivity index (χ2n) is 3.98. The second-order valence-corrected chi connectivity index (χ2v) is 3.98. The largest absolute Gasteiger partial charge is 0.383 e. The molecule has 0 rings (SSSR count). The smallest absolute Gasteiger partial charge is 0.241 e. The summed E-state index contributed by atoms with van der Waals surface area (Å²) >= 11 is 0. The zero-order valence-electron chi connectivity index (χ0n) is 10.9. The van der Waals surface area contributed by atoms with E-state index in [1.54, 1.807) is 14.1 Å². The van der Waals surface area contributed by atoms with Crippen LogP contribution >= 0.6 is 0 Å². The molecule has 0 unspecified atom stereocenters. The van der Waals surface area contributed by atoms with Gasteiger partial charge in [-0.05, 0) is 6.92 Å². The Morgan fingerprint density at radius 2 is 1.71 bits per heavy atom. The Kier molecular flexibility index (Phi) is 7.13. The third-order valence-corrected chi connectivity index (χ3v) is 2.14. The molecule has 17 heavy (non-hydrogen) atoms. The Morgan fingerprint density at radius 1 is 1.12 bits per heavy atom. The lowest BCUT2D eigenvalue weighted by Crippen LogP contribution is -2.42. The van der Waals surface area contributed by atoms with Gasteiger partial charge >= 0.3 is 0 Å². The van der Waals surface area contributed by atoms with Crippen LogP contribution in [0, 0.1) is 0 Å². The number of nitrogens with zero attached hydrogens (tertiary/aromatic N) is 2. The molecule has 0 aliphatic rings. The SMILES string of the molecule is COCCN(CC(=O)N(C)C)C(=O)CC(C)=O. The number of carbonyl (C=O) groups excluding carboxylic acids is 3. The molecule has 0 aromatic heterocycles. The molecule has 0 spiro atoms. The summed E-state index contributed by atoms with van der Waals surface area (Å²) in [7, 11) is 4.75. The van der Waals surface area contributed by atoms with Gasteiger partial charge < -0.3 is 14.5 Å². The third kappa shape index (κ3) is 6.68. The molecule has 2 amide bonds. The maximum atomic E-state index is 11.7. The number of carbonyl (C=O) groups is 3. The standard InChI is InChI=1S/C11H20N2O4/c1-9(14)7-10(15)13(5-6-17-4)8-11(16)12(2)3/h5-8H2,1-4H3. The highest BCUT2D eigenvalue weighted by Crippen LogP contribution is 1.97. The van der Waals surface area contributed by atoms with Gasteiger partial charge in [0.1, 0.15) is 5.78 Å².